The van der Waals surface area contributed by atoms with Gasteiger partial charge in [-0.25, -0.2) is 9.59 Å². The summed E-state index contributed by atoms with van der Waals surface area (Å²) >= 11 is 2.77. The van der Waals surface area contributed by atoms with Gasteiger partial charge in [-0.05, 0) is 29.3 Å². The quantitative estimate of drug-likeness (QED) is 0.786. The van der Waals surface area contributed by atoms with Crippen LogP contribution in [-0.2, 0) is 0 Å². The lowest BCUT2D eigenvalue weighted by atomic mass is 10.2. The largest absolute Gasteiger partial charge is 0.478 e. The molecule has 2 aromatic rings. The van der Waals surface area contributed by atoms with Crippen LogP contribution >= 0.6 is 22.7 Å². The van der Waals surface area contributed by atoms with E-state index in [0.717, 1.165) is 11.3 Å². The highest BCUT2D eigenvalue weighted by Gasteiger charge is 2.17. The molecule has 0 radical (unpaired) electrons. The number of hydrogen-bond acceptors (Lipinski definition) is 4. The highest BCUT2D eigenvalue weighted by Crippen LogP contribution is 2.24. The van der Waals surface area contributed by atoms with Crippen molar-refractivity contribution in [3.63, 3.8) is 0 Å². The fourth-order valence-electron chi connectivity index (χ4n) is 1.74. The Labute approximate surface area is 124 Å². The number of thiophene rings is 2. The minimum atomic E-state index is -1.05. The van der Waals surface area contributed by atoms with Gasteiger partial charge in [0, 0.05) is 4.88 Å². The van der Waals surface area contributed by atoms with Crippen LogP contribution in [-0.4, -0.2) is 17.1 Å². The number of carboxylic acid groups (broad SMARTS) is 1. The van der Waals surface area contributed by atoms with E-state index in [1.54, 1.807) is 16.7 Å². The number of carbonyl (C=O) groups excluding carboxylic acids is 1. The zero-order valence-corrected chi connectivity index (χ0v) is 12.4. The third-order valence-electron chi connectivity index (χ3n) is 2.72. The summed E-state index contributed by atoms with van der Waals surface area (Å²) in [6, 6.07) is 4.91. The molecule has 0 fully saturated rings. The van der Waals surface area contributed by atoms with Gasteiger partial charge in [0.25, 0.3) is 0 Å². The van der Waals surface area contributed by atoms with Crippen molar-refractivity contribution in [3.8, 4) is 0 Å². The summed E-state index contributed by atoms with van der Waals surface area (Å²) < 4.78 is 0. The monoisotopic (exact) mass is 310 g/mol. The highest BCUT2D eigenvalue weighted by atomic mass is 32.1. The van der Waals surface area contributed by atoms with Gasteiger partial charge in [0.05, 0.1) is 11.6 Å². The molecule has 2 heterocycles. The van der Waals surface area contributed by atoms with Crippen molar-refractivity contribution in [3.05, 3.63) is 39.4 Å². The van der Waals surface area contributed by atoms with Crippen molar-refractivity contribution in [1.82, 2.24) is 5.32 Å². The molecule has 0 saturated heterocycles. The van der Waals surface area contributed by atoms with Gasteiger partial charge in [0.2, 0.25) is 0 Å². The van der Waals surface area contributed by atoms with Crippen LogP contribution in [0.25, 0.3) is 0 Å². The Morgan fingerprint density at radius 3 is 2.70 bits per heavy atom. The lowest BCUT2D eigenvalue weighted by molar-refractivity contribution is 0.0698. The van der Waals surface area contributed by atoms with Crippen molar-refractivity contribution in [1.29, 1.82) is 0 Å². The Bertz CT molecular complexity index is 593. The van der Waals surface area contributed by atoms with Gasteiger partial charge in [0.15, 0.2) is 0 Å². The summed E-state index contributed by atoms with van der Waals surface area (Å²) in [5, 5.41) is 18.4. The molecule has 2 rings (SSSR count). The zero-order valence-electron chi connectivity index (χ0n) is 10.8. The first-order chi connectivity index (χ1) is 9.61. The maximum Gasteiger partial charge on any atom is 0.338 e. The number of nitrogens with one attached hydrogen (secondary N) is 2. The smallest absolute Gasteiger partial charge is 0.338 e. The number of aromatic carboxylic acids is 1. The SMILES string of the molecule is CCC(NC(=O)Nc1sccc1C(=O)O)c1cccs1. The molecular formula is C13H14N2O3S2. The molecule has 0 aliphatic carbocycles. The lowest BCUT2D eigenvalue weighted by Gasteiger charge is -2.15. The van der Waals surface area contributed by atoms with E-state index in [1.807, 2.05) is 24.4 Å². The van der Waals surface area contributed by atoms with Crippen molar-refractivity contribution in [2.75, 3.05) is 5.32 Å². The molecule has 2 amide bonds. The summed E-state index contributed by atoms with van der Waals surface area (Å²) in [5.74, 6) is -1.05. The molecule has 0 aliphatic rings. The molecule has 0 spiro atoms. The lowest BCUT2D eigenvalue weighted by Crippen LogP contribution is -2.32. The summed E-state index contributed by atoms with van der Waals surface area (Å²) in [6.07, 6.45) is 0.768. The summed E-state index contributed by atoms with van der Waals surface area (Å²) in [7, 11) is 0. The number of rotatable bonds is 5. The number of amides is 2. The van der Waals surface area contributed by atoms with Crippen LogP contribution in [0.2, 0.25) is 0 Å². The average Bonchev–Trinajstić information content (AvgIpc) is 3.06. The first-order valence-corrected chi connectivity index (χ1v) is 7.79. The number of hydrogen-bond donors (Lipinski definition) is 3. The highest BCUT2D eigenvalue weighted by molar-refractivity contribution is 7.14. The van der Waals surface area contributed by atoms with Crippen LogP contribution in [0.4, 0.5) is 9.80 Å². The Balaban J connectivity index is 2.01. The molecule has 2 aromatic heterocycles. The van der Waals surface area contributed by atoms with Gasteiger partial charge >= 0.3 is 12.0 Å². The van der Waals surface area contributed by atoms with E-state index >= 15 is 0 Å². The molecular weight excluding hydrogens is 296 g/mol. The van der Waals surface area contributed by atoms with Gasteiger partial charge in [-0.3, -0.25) is 5.32 Å². The summed E-state index contributed by atoms with van der Waals surface area (Å²) in [6.45, 7) is 1.98. The molecule has 5 nitrogen and oxygen atoms in total. The molecule has 7 heteroatoms. The van der Waals surface area contributed by atoms with Gasteiger partial charge in [-0.1, -0.05) is 13.0 Å². The second-order valence-electron chi connectivity index (χ2n) is 4.04. The van der Waals surface area contributed by atoms with E-state index in [2.05, 4.69) is 10.6 Å². The van der Waals surface area contributed by atoms with Crippen LogP contribution < -0.4 is 10.6 Å². The van der Waals surface area contributed by atoms with Gasteiger partial charge in [0.1, 0.15) is 5.00 Å². The van der Waals surface area contributed by atoms with Gasteiger partial charge in [-0.2, -0.15) is 0 Å². The molecule has 106 valence electrons. The minimum Gasteiger partial charge on any atom is -0.478 e. The van der Waals surface area contributed by atoms with Crippen LogP contribution in [0.5, 0.6) is 0 Å². The molecule has 1 atom stereocenters. The van der Waals surface area contributed by atoms with E-state index in [4.69, 9.17) is 5.11 Å². The van der Waals surface area contributed by atoms with Crippen molar-refractivity contribution < 1.29 is 14.7 Å². The Morgan fingerprint density at radius 1 is 1.30 bits per heavy atom. The fourth-order valence-corrected chi connectivity index (χ4v) is 3.37. The van der Waals surface area contributed by atoms with E-state index in [1.165, 1.54) is 17.4 Å². The van der Waals surface area contributed by atoms with Gasteiger partial charge < -0.3 is 10.4 Å². The predicted octanol–water partition coefficient (Wildman–Crippen LogP) is 3.78. The van der Waals surface area contributed by atoms with Crippen molar-refractivity contribution in [2.45, 2.75) is 19.4 Å². The van der Waals surface area contributed by atoms with Crippen LogP contribution in [0.1, 0.15) is 34.6 Å². The summed E-state index contributed by atoms with van der Waals surface area (Å²) in [4.78, 5) is 24.0. The second kappa shape index (κ2) is 6.53. The maximum atomic E-state index is 11.9. The fraction of sp³-hybridized carbons (Fsp3) is 0.231. The molecule has 3 N–H and O–H groups in total. The minimum absolute atomic E-state index is 0.0664. The number of urea groups is 1. The molecule has 1 unspecified atom stereocenters. The zero-order chi connectivity index (χ0) is 14.5. The molecule has 0 saturated carbocycles. The topological polar surface area (TPSA) is 78.4 Å². The molecule has 0 bridgehead atoms. The van der Waals surface area contributed by atoms with Gasteiger partial charge in [-0.15, -0.1) is 22.7 Å². The third-order valence-corrected chi connectivity index (χ3v) is 4.54. The maximum absolute atomic E-state index is 11.9. The normalized spacial score (nSPS) is 11.8. The van der Waals surface area contributed by atoms with E-state index in [9.17, 15) is 9.59 Å². The first-order valence-electron chi connectivity index (χ1n) is 6.03. The van der Waals surface area contributed by atoms with E-state index in [-0.39, 0.29) is 11.6 Å². The number of anilines is 1. The summed E-state index contributed by atoms with van der Waals surface area (Å²) in [5.41, 5.74) is 0.106. The Kier molecular flexibility index (Phi) is 4.75. The first kappa shape index (κ1) is 14.5. The number of carbonyl (C=O) groups is 2. The Morgan fingerprint density at radius 2 is 2.10 bits per heavy atom. The van der Waals surface area contributed by atoms with Crippen LogP contribution in [0, 0.1) is 0 Å². The van der Waals surface area contributed by atoms with E-state index in [0.29, 0.717) is 5.00 Å². The van der Waals surface area contributed by atoms with Crippen LogP contribution in [0.3, 0.4) is 0 Å². The molecule has 20 heavy (non-hydrogen) atoms. The standard InChI is InChI=1S/C13H14N2O3S2/c1-2-9(10-4-3-6-19-10)14-13(18)15-11-8(12(16)17)5-7-20-11/h3-7,9H,2H2,1H3,(H,16,17)(H2,14,15,18). The van der Waals surface area contributed by atoms with Crippen LogP contribution in [0.15, 0.2) is 29.0 Å². The van der Waals surface area contributed by atoms with E-state index < -0.39 is 12.0 Å². The van der Waals surface area contributed by atoms with Crippen molar-refractivity contribution in [2.24, 2.45) is 0 Å². The van der Waals surface area contributed by atoms with Crippen molar-refractivity contribution >= 4 is 39.7 Å². The predicted molar refractivity (Wildman–Crippen MR) is 80.8 cm³/mol. The molecule has 0 aromatic carbocycles. The number of carboxylic acids is 1. The Hall–Kier alpha value is -1.86. The average molecular weight is 310 g/mol. The molecule has 0 aliphatic heterocycles. The third kappa shape index (κ3) is 3.37. The second-order valence-corrected chi connectivity index (χ2v) is 5.94.